The van der Waals surface area contributed by atoms with E-state index < -0.39 is 12.1 Å². The van der Waals surface area contributed by atoms with Gasteiger partial charge < -0.3 is 0 Å². The number of aldehydes is 1. The summed E-state index contributed by atoms with van der Waals surface area (Å²) in [5.74, 6) is 0. The smallest absolute Gasteiger partial charge is 0.281 e. The Hall–Kier alpha value is -0.840. The Kier molecular flexibility index (Phi) is 3.08. The monoisotopic (exact) mass is 249 g/mol. The van der Waals surface area contributed by atoms with E-state index in [1.165, 1.54) is 6.07 Å². The molecular formula is C8H6BrF2NO. The van der Waals surface area contributed by atoms with Gasteiger partial charge in [-0.1, -0.05) is 0 Å². The highest BCUT2D eigenvalue weighted by molar-refractivity contribution is 9.10. The molecule has 1 aromatic heterocycles. The normalized spacial score (nSPS) is 10.5. The number of aromatic nitrogens is 1. The van der Waals surface area contributed by atoms with Gasteiger partial charge >= 0.3 is 0 Å². The average molecular weight is 250 g/mol. The van der Waals surface area contributed by atoms with Crippen molar-refractivity contribution in [3.8, 4) is 0 Å². The van der Waals surface area contributed by atoms with Crippen molar-refractivity contribution in [2.24, 2.45) is 0 Å². The molecule has 0 amide bonds. The van der Waals surface area contributed by atoms with E-state index in [0.717, 1.165) is 0 Å². The first-order chi connectivity index (χ1) is 6.06. The van der Waals surface area contributed by atoms with Gasteiger partial charge in [-0.2, -0.15) is 0 Å². The van der Waals surface area contributed by atoms with Crippen LogP contribution >= 0.6 is 15.9 Å². The second kappa shape index (κ2) is 3.91. The Morgan fingerprint density at radius 3 is 2.69 bits per heavy atom. The van der Waals surface area contributed by atoms with Crippen molar-refractivity contribution in [1.29, 1.82) is 0 Å². The van der Waals surface area contributed by atoms with E-state index in [0.29, 0.717) is 16.5 Å². The van der Waals surface area contributed by atoms with E-state index >= 15 is 0 Å². The molecule has 0 aliphatic heterocycles. The molecule has 0 saturated carbocycles. The standard InChI is InChI=1S/C8H6BrF2NO/c1-4-2-6(9)5(3-13)7(12-4)8(10)11/h2-3,8H,1H3. The zero-order valence-electron chi connectivity index (χ0n) is 6.72. The Labute approximate surface area is 82.1 Å². The van der Waals surface area contributed by atoms with E-state index in [-0.39, 0.29) is 5.56 Å². The van der Waals surface area contributed by atoms with Gasteiger partial charge in [0.15, 0.2) is 6.29 Å². The van der Waals surface area contributed by atoms with Crippen molar-refractivity contribution in [1.82, 2.24) is 4.98 Å². The fourth-order valence-corrected chi connectivity index (χ4v) is 1.58. The summed E-state index contributed by atoms with van der Waals surface area (Å²) >= 11 is 3.02. The maximum Gasteiger partial charge on any atom is 0.281 e. The third-order valence-electron chi connectivity index (χ3n) is 1.49. The van der Waals surface area contributed by atoms with Gasteiger partial charge in [-0.05, 0) is 28.9 Å². The Balaban J connectivity index is 3.38. The van der Waals surface area contributed by atoms with E-state index in [2.05, 4.69) is 20.9 Å². The number of aryl methyl sites for hydroxylation is 1. The number of alkyl halides is 2. The molecule has 0 unspecified atom stereocenters. The van der Waals surface area contributed by atoms with Crippen LogP contribution in [0.25, 0.3) is 0 Å². The van der Waals surface area contributed by atoms with E-state index in [4.69, 9.17) is 0 Å². The summed E-state index contributed by atoms with van der Waals surface area (Å²) in [5, 5.41) is 0. The molecule has 0 radical (unpaired) electrons. The van der Waals surface area contributed by atoms with E-state index in [9.17, 15) is 13.6 Å². The Morgan fingerprint density at radius 1 is 1.62 bits per heavy atom. The fourth-order valence-electron chi connectivity index (χ4n) is 0.949. The number of pyridine rings is 1. The summed E-state index contributed by atoms with van der Waals surface area (Å²) < 4.78 is 25.0. The summed E-state index contributed by atoms with van der Waals surface area (Å²) in [7, 11) is 0. The summed E-state index contributed by atoms with van der Waals surface area (Å²) in [6, 6.07) is 1.52. The number of hydrogen-bond donors (Lipinski definition) is 0. The summed E-state index contributed by atoms with van der Waals surface area (Å²) in [6.45, 7) is 1.59. The minimum absolute atomic E-state index is 0.0828. The van der Waals surface area contributed by atoms with Crippen LogP contribution in [0.1, 0.15) is 28.2 Å². The Bertz CT molecular complexity index is 341. The molecule has 0 N–H and O–H groups in total. The summed E-state index contributed by atoms with van der Waals surface area (Å²) in [6.07, 6.45) is -2.35. The largest absolute Gasteiger partial charge is 0.298 e. The zero-order valence-corrected chi connectivity index (χ0v) is 8.31. The van der Waals surface area contributed by atoms with Gasteiger partial charge in [-0.25, -0.2) is 8.78 Å². The van der Waals surface area contributed by atoms with Gasteiger partial charge in [-0.15, -0.1) is 0 Å². The van der Waals surface area contributed by atoms with Gasteiger partial charge in [0.1, 0.15) is 5.69 Å². The van der Waals surface area contributed by atoms with Gasteiger partial charge in [0.2, 0.25) is 0 Å². The summed E-state index contributed by atoms with van der Waals surface area (Å²) in [5.41, 5.74) is -0.102. The first kappa shape index (κ1) is 10.2. The van der Waals surface area contributed by atoms with E-state index in [1.54, 1.807) is 6.92 Å². The van der Waals surface area contributed by atoms with Gasteiger partial charge in [0, 0.05) is 10.2 Å². The molecule has 0 aliphatic carbocycles. The lowest BCUT2D eigenvalue weighted by Gasteiger charge is -2.05. The van der Waals surface area contributed by atoms with Crippen LogP contribution in [0, 0.1) is 6.92 Å². The highest BCUT2D eigenvalue weighted by Gasteiger charge is 2.17. The number of carbonyl (C=O) groups is 1. The van der Waals surface area contributed by atoms with Crippen LogP contribution in [0.5, 0.6) is 0 Å². The molecular weight excluding hydrogens is 244 g/mol. The summed E-state index contributed by atoms with van der Waals surface area (Å²) in [4.78, 5) is 14.1. The molecule has 1 aromatic rings. The lowest BCUT2D eigenvalue weighted by Crippen LogP contribution is -2.00. The van der Waals surface area contributed by atoms with Crippen molar-refractivity contribution in [3.05, 3.63) is 27.5 Å². The van der Waals surface area contributed by atoms with Crippen LogP contribution in [0.3, 0.4) is 0 Å². The molecule has 13 heavy (non-hydrogen) atoms. The topological polar surface area (TPSA) is 30.0 Å². The molecule has 0 spiro atoms. The first-order valence-corrected chi connectivity index (χ1v) is 4.26. The molecule has 1 rings (SSSR count). The third kappa shape index (κ3) is 2.09. The van der Waals surface area contributed by atoms with Crippen LogP contribution in [0.4, 0.5) is 8.78 Å². The molecule has 0 bridgehead atoms. The molecule has 0 aromatic carbocycles. The minimum Gasteiger partial charge on any atom is -0.298 e. The Morgan fingerprint density at radius 2 is 2.23 bits per heavy atom. The fraction of sp³-hybridized carbons (Fsp3) is 0.250. The van der Waals surface area contributed by atoms with Crippen LogP contribution in [-0.4, -0.2) is 11.3 Å². The van der Waals surface area contributed by atoms with Crippen molar-refractivity contribution in [2.75, 3.05) is 0 Å². The molecule has 1 heterocycles. The van der Waals surface area contributed by atoms with E-state index in [1.807, 2.05) is 0 Å². The molecule has 0 saturated heterocycles. The minimum atomic E-state index is -2.73. The van der Waals surface area contributed by atoms with Crippen molar-refractivity contribution in [2.45, 2.75) is 13.3 Å². The average Bonchev–Trinajstić information content (AvgIpc) is 2.02. The third-order valence-corrected chi connectivity index (χ3v) is 2.15. The number of halogens is 3. The second-order valence-corrected chi connectivity index (χ2v) is 3.32. The lowest BCUT2D eigenvalue weighted by atomic mass is 10.2. The highest BCUT2D eigenvalue weighted by Crippen LogP contribution is 2.26. The number of hydrogen-bond acceptors (Lipinski definition) is 2. The molecule has 2 nitrogen and oxygen atoms in total. The van der Waals surface area contributed by atoms with Crippen LogP contribution in [0.2, 0.25) is 0 Å². The van der Waals surface area contributed by atoms with Crippen LogP contribution in [-0.2, 0) is 0 Å². The number of rotatable bonds is 2. The molecule has 5 heteroatoms. The van der Waals surface area contributed by atoms with Gasteiger partial charge in [0.05, 0.1) is 5.56 Å². The number of carbonyl (C=O) groups excluding carboxylic acids is 1. The van der Waals surface area contributed by atoms with Gasteiger partial charge in [0.25, 0.3) is 6.43 Å². The van der Waals surface area contributed by atoms with Crippen molar-refractivity contribution in [3.63, 3.8) is 0 Å². The van der Waals surface area contributed by atoms with Crippen molar-refractivity contribution < 1.29 is 13.6 Å². The molecule has 0 aliphatic rings. The zero-order chi connectivity index (χ0) is 10.0. The maximum absolute atomic E-state index is 12.3. The maximum atomic E-state index is 12.3. The predicted octanol–water partition coefficient (Wildman–Crippen LogP) is 2.90. The van der Waals surface area contributed by atoms with Crippen molar-refractivity contribution >= 4 is 22.2 Å². The molecule has 70 valence electrons. The SMILES string of the molecule is Cc1cc(Br)c(C=O)c(C(F)F)n1. The molecule has 0 fully saturated rings. The predicted molar refractivity (Wildman–Crippen MR) is 47.0 cm³/mol. The van der Waals surface area contributed by atoms with Crippen LogP contribution < -0.4 is 0 Å². The number of nitrogens with zero attached hydrogens (tertiary/aromatic N) is 1. The highest BCUT2D eigenvalue weighted by atomic mass is 79.9. The van der Waals surface area contributed by atoms with Crippen LogP contribution in [0.15, 0.2) is 10.5 Å². The quantitative estimate of drug-likeness (QED) is 0.755. The molecule has 0 atom stereocenters. The van der Waals surface area contributed by atoms with Gasteiger partial charge in [-0.3, -0.25) is 9.78 Å². The first-order valence-electron chi connectivity index (χ1n) is 3.46. The second-order valence-electron chi connectivity index (χ2n) is 2.46. The lowest BCUT2D eigenvalue weighted by molar-refractivity contribution is 0.110.